The van der Waals surface area contributed by atoms with Crippen molar-refractivity contribution in [1.82, 2.24) is 30.4 Å². The Labute approximate surface area is 157 Å². The van der Waals surface area contributed by atoms with Crippen molar-refractivity contribution >= 4 is 17.7 Å². The molecule has 2 fully saturated rings. The lowest BCUT2D eigenvalue weighted by molar-refractivity contribution is -0.119. The maximum atomic E-state index is 12.3. The third kappa shape index (κ3) is 4.62. The molecule has 2 heterocycles. The summed E-state index contributed by atoms with van der Waals surface area (Å²) in [4.78, 5) is 14.8. The smallest absolute Gasteiger partial charge is 0.230 e. The predicted octanol–water partition coefficient (Wildman–Crippen LogP) is 1.56. The number of hydrogen-bond acceptors (Lipinski definition) is 6. The van der Waals surface area contributed by atoms with Gasteiger partial charge >= 0.3 is 0 Å². The van der Waals surface area contributed by atoms with Crippen LogP contribution < -0.4 is 5.32 Å². The zero-order chi connectivity index (χ0) is 17.8. The number of likely N-dealkylation sites (tertiary alicyclic amines) is 1. The van der Waals surface area contributed by atoms with Crippen molar-refractivity contribution in [3.63, 3.8) is 0 Å². The number of thioether (sulfide) groups is 1. The Hall–Kier alpha value is -1.93. The number of benzene rings is 1. The number of tetrazole rings is 1. The van der Waals surface area contributed by atoms with Gasteiger partial charge in [-0.2, -0.15) is 0 Å². The summed E-state index contributed by atoms with van der Waals surface area (Å²) in [6, 6.07) is 11.2. The van der Waals surface area contributed by atoms with Crippen LogP contribution in [0, 0.1) is 0 Å². The van der Waals surface area contributed by atoms with Crippen molar-refractivity contribution < 1.29 is 4.79 Å². The van der Waals surface area contributed by atoms with Crippen molar-refractivity contribution in [2.24, 2.45) is 0 Å². The number of carbonyl (C=O) groups is 1. The van der Waals surface area contributed by atoms with Crippen molar-refractivity contribution in [1.29, 1.82) is 0 Å². The second-order valence-electron chi connectivity index (χ2n) is 7.00. The van der Waals surface area contributed by atoms with Crippen molar-refractivity contribution in [2.45, 2.75) is 49.5 Å². The summed E-state index contributed by atoms with van der Waals surface area (Å²) in [5.41, 5.74) is 1.13. The molecule has 1 aromatic heterocycles. The van der Waals surface area contributed by atoms with E-state index in [1.165, 1.54) is 24.6 Å². The SMILES string of the molecule is O=C(CSc1nnnn1Cc1ccccc1)NC1CCN(C2CC2)CC1. The van der Waals surface area contributed by atoms with Crippen LogP contribution in [-0.4, -0.2) is 61.9 Å². The van der Waals surface area contributed by atoms with Crippen LogP contribution in [0.1, 0.15) is 31.2 Å². The second kappa shape index (κ2) is 8.18. The first kappa shape index (κ1) is 17.5. The Morgan fingerprint density at radius 1 is 1.15 bits per heavy atom. The number of hydrogen-bond donors (Lipinski definition) is 1. The minimum absolute atomic E-state index is 0.0640. The maximum Gasteiger partial charge on any atom is 0.230 e. The summed E-state index contributed by atoms with van der Waals surface area (Å²) in [5.74, 6) is 0.409. The van der Waals surface area contributed by atoms with E-state index in [9.17, 15) is 4.79 Å². The van der Waals surface area contributed by atoms with E-state index in [4.69, 9.17) is 0 Å². The first-order valence-corrected chi connectivity index (χ1v) is 10.2. The highest BCUT2D eigenvalue weighted by Gasteiger charge is 2.32. The molecule has 0 atom stereocenters. The Balaban J connectivity index is 1.23. The van der Waals surface area contributed by atoms with Crippen LogP contribution in [0.2, 0.25) is 0 Å². The molecule has 138 valence electrons. The molecule has 1 saturated heterocycles. The Morgan fingerprint density at radius 3 is 2.65 bits per heavy atom. The lowest BCUT2D eigenvalue weighted by atomic mass is 10.1. The number of carbonyl (C=O) groups excluding carboxylic acids is 1. The molecule has 2 aliphatic rings. The fourth-order valence-corrected chi connectivity index (χ4v) is 4.09. The van der Waals surface area contributed by atoms with Gasteiger partial charge in [0.15, 0.2) is 0 Å². The highest BCUT2D eigenvalue weighted by Crippen LogP contribution is 2.29. The lowest BCUT2D eigenvalue weighted by Gasteiger charge is -2.32. The van der Waals surface area contributed by atoms with E-state index in [-0.39, 0.29) is 5.91 Å². The molecule has 0 radical (unpaired) electrons. The van der Waals surface area contributed by atoms with Gasteiger partial charge in [-0.05, 0) is 41.7 Å². The molecular weight excluding hydrogens is 348 g/mol. The third-order valence-corrected chi connectivity index (χ3v) is 5.92. The van der Waals surface area contributed by atoms with Crippen LogP contribution in [0.25, 0.3) is 0 Å². The molecule has 1 aromatic carbocycles. The zero-order valence-electron chi connectivity index (χ0n) is 14.8. The molecule has 26 heavy (non-hydrogen) atoms. The molecule has 4 rings (SSSR count). The van der Waals surface area contributed by atoms with E-state index >= 15 is 0 Å². The van der Waals surface area contributed by atoms with Crippen LogP contribution >= 0.6 is 11.8 Å². The van der Waals surface area contributed by atoms with Gasteiger partial charge in [-0.3, -0.25) is 4.79 Å². The minimum Gasteiger partial charge on any atom is -0.353 e. The lowest BCUT2D eigenvalue weighted by Crippen LogP contribution is -2.45. The number of aromatic nitrogens is 4. The van der Waals surface area contributed by atoms with E-state index in [1.807, 2.05) is 30.3 Å². The topological polar surface area (TPSA) is 75.9 Å². The summed E-state index contributed by atoms with van der Waals surface area (Å²) in [6.45, 7) is 2.83. The predicted molar refractivity (Wildman–Crippen MR) is 99.8 cm³/mol. The molecule has 0 unspecified atom stereocenters. The molecule has 7 nitrogen and oxygen atoms in total. The van der Waals surface area contributed by atoms with Crippen LogP contribution in [0.5, 0.6) is 0 Å². The zero-order valence-corrected chi connectivity index (χ0v) is 15.6. The molecule has 0 bridgehead atoms. The van der Waals surface area contributed by atoms with E-state index in [0.29, 0.717) is 23.5 Å². The molecule has 0 spiro atoms. The largest absolute Gasteiger partial charge is 0.353 e. The highest BCUT2D eigenvalue weighted by atomic mass is 32.2. The Kier molecular flexibility index (Phi) is 5.50. The van der Waals surface area contributed by atoms with E-state index in [0.717, 1.165) is 37.5 Å². The fourth-order valence-electron chi connectivity index (χ4n) is 3.40. The third-order valence-electron chi connectivity index (χ3n) is 4.96. The van der Waals surface area contributed by atoms with Gasteiger partial charge in [0.05, 0.1) is 12.3 Å². The fraction of sp³-hybridized carbons (Fsp3) is 0.556. The first-order valence-electron chi connectivity index (χ1n) is 9.24. The molecular formula is C18H24N6OS. The summed E-state index contributed by atoms with van der Waals surface area (Å²) in [7, 11) is 0. The van der Waals surface area contributed by atoms with Gasteiger partial charge in [0, 0.05) is 25.2 Å². The van der Waals surface area contributed by atoms with E-state index in [2.05, 4.69) is 25.7 Å². The Morgan fingerprint density at radius 2 is 1.92 bits per heavy atom. The quantitative estimate of drug-likeness (QED) is 0.744. The van der Waals surface area contributed by atoms with Gasteiger partial charge in [-0.25, -0.2) is 4.68 Å². The average Bonchev–Trinajstić information content (AvgIpc) is 3.42. The van der Waals surface area contributed by atoms with Gasteiger partial charge in [0.1, 0.15) is 0 Å². The van der Waals surface area contributed by atoms with Crippen molar-refractivity contribution in [3.8, 4) is 0 Å². The van der Waals surface area contributed by atoms with Gasteiger partial charge in [-0.1, -0.05) is 42.1 Å². The minimum atomic E-state index is 0.0640. The summed E-state index contributed by atoms with van der Waals surface area (Å²) >= 11 is 1.39. The van der Waals surface area contributed by atoms with Crippen LogP contribution in [-0.2, 0) is 11.3 Å². The van der Waals surface area contributed by atoms with Crippen molar-refractivity contribution in [2.75, 3.05) is 18.8 Å². The summed E-state index contributed by atoms with van der Waals surface area (Å²) < 4.78 is 1.74. The summed E-state index contributed by atoms with van der Waals surface area (Å²) in [6.07, 6.45) is 4.81. The van der Waals surface area contributed by atoms with Gasteiger partial charge < -0.3 is 10.2 Å². The molecule has 1 N–H and O–H groups in total. The van der Waals surface area contributed by atoms with Gasteiger partial charge in [0.2, 0.25) is 11.1 Å². The molecule has 2 aromatic rings. The standard InChI is InChI=1S/C18H24N6OS/c25-17(19-15-8-10-23(11-9-15)16-6-7-16)13-26-18-20-21-22-24(18)12-14-4-2-1-3-5-14/h1-5,15-16H,6-13H2,(H,19,25). The average molecular weight is 372 g/mol. The Bertz CT molecular complexity index is 724. The summed E-state index contributed by atoms with van der Waals surface area (Å²) in [5, 5.41) is 15.7. The molecule has 1 amide bonds. The maximum absolute atomic E-state index is 12.3. The van der Waals surface area contributed by atoms with E-state index in [1.54, 1.807) is 4.68 Å². The van der Waals surface area contributed by atoms with Gasteiger partial charge in [0.25, 0.3) is 0 Å². The number of amides is 1. The highest BCUT2D eigenvalue weighted by molar-refractivity contribution is 7.99. The molecule has 1 aliphatic carbocycles. The first-order chi connectivity index (χ1) is 12.8. The number of rotatable bonds is 7. The number of piperidine rings is 1. The molecule has 1 aliphatic heterocycles. The van der Waals surface area contributed by atoms with Crippen LogP contribution in [0.4, 0.5) is 0 Å². The monoisotopic (exact) mass is 372 g/mol. The van der Waals surface area contributed by atoms with E-state index < -0.39 is 0 Å². The van der Waals surface area contributed by atoms with Crippen LogP contribution in [0.15, 0.2) is 35.5 Å². The normalized spacial score (nSPS) is 18.8. The second-order valence-corrected chi connectivity index (χ2v) is 7.94. The van der Waals surface area contributed by atoms with Gasteiger partial charge in [-0.15, -0.1) is 5.10 Å². The van der Waals surface area contributed by atoms with Crippen LogP contribution in [0.3, 0.4) is 0 Å². The number of nitrogens with one attached hydrogen (secondary N) is 1. The molecule has 1 saturated carbocycles. The number of nitrogens with zero attached hydrogens (tertiary/aromatic N) is 5. The van der Waals surface area contributed by atoms with Crippen molar-refractivity contribution in [3.05, 3.63) is 35.9 Å². The molecule has 8 heteroatoms.